The molecule has 0 aliphatic carbocycles. The average Bonchev–Trinajstić information content (AvgIpc) is 2.64. The van der Waals surface area contributed by atoms with Gasteiger partial charge in [0.25, 0.3) is 0 Å². The fourth-order valence-corrected chi connectivity index (χ4v) is 3.33. The van der Waals surface area contributed by atoms with Gasteiger partial charge in [-0.25, -0.2) is 4.39 Å². The number of halogens is 2. The molecule has 0 saturated carbocycles. The van der Waals surface area contributed by atoms with E-state index in [1.165, 1.54) is 12.1 Å². The fourth-order valence-electron chi connectivity index (χ4n) is 1.69. The molecule has 0 spiro atoms. The summed E-state index contributed by atoms with van der Waals surface area (Å²) in [7, 11) is 0. The summed E-state index contributed by atoms with van der Waals surface area (Å²) in [5, 5.41) is 12.4. The van der Waals surface area contributed by atoms with Gasteiger partial charge in [0.15, 0.2) is 0 Å². The van der Waals surface area contributed by atoms with E-state index in [1.807, 2.05) is 11.4 Å². The molecule has 0 saturated heterocycles. The summed E-state index contributed by atoms with van der Waals surface area (Å²) >= 11 is 5.01. The molecular weight excluding hydrogens is 303 g/mol. The minimum atomic E-state index is -1.06. The molecule has 1 heterocycles. The SMILES string of the molecule is CC(O)(Cc1sccc1Br)c1cccc(F)c1. The molecule has 0 aliphatic heterocycles. The predicted octanol–water partition coefficient (Wildman–Crippen LogP) is 4.10. The van der Waals surface area contributed by atoms with E-state index in [0.29, 0.717) is 12.0 Å². The van der Waals surface area contributed by atoms with Crippen molar-refractivity contribution in [1.82, 2.24) is 0 Å². The number of rotatable bonds is 3. The molecule has 90 valence electrons. The highest BCUT2D eigenvalue weighted by molar-refractivity contribution is 9.10. The highest BCUT2D eigenvalue weighted by atomic mass is 79.9. The maximum absolute atomic E-state index is 13.1. The lowest BCUT2D eigenvalue weighted by Gasteiger charge is -2.23. The van der Waals surface area contributed by atoms with Crippen molar-refractivity contribution in [2.45, 2.75) is 18.9 Å². The molecule has 1 N–H and O–H groups in total. The minimum Gasteiger partial charge on any atom is -0.385 e. The minimum absolute atomic E-state index is 0.326. The second-order valence-corrected chi connectivity index (χ2v) is 6.01. The van der Waals surface area contributed by atoms with Gasteiger partial charge in [0.1, 0.15) is 5.82 Å². The molecule has 17 heavy (non-hydrogen) atoms. The first-order valence-electron chi connectivity index (χ1n) is 5.19. The first-order valence-corrected chi connectivity index (χ1v) is 6.86. The van der Waals surface area contributed by atoms with Gasteiger partial charge in [-0.3, -0.25) is 0 Å². The fraction of sp³-hybridized carbons (Fsp3) is 0.231. The Bertz CT molecular complexity index is 522. The number of hydrogen-bond donors (Lipinski definition) is 1. The molecule has 0 radical (unpaired) electrons. The number of thiophene rings is 1. The van der Waals surface area contributed by atoms with Crippen molar-refractivity contribution in [2.75, 3.05) is 0 Å². The molecule has 1 atom stereocenters. The third kappa shape index (κ3) is 2.94. The molecule has 0 fully saturated rings. The van der Waals surface area contributed by atoms with E-state index in [-0.39, 0.29) is 5.82 Å². The van der Waals surface area contributed by atoms with E-state index < -0.39 is 5.60 Å². The van der Waals surface area contributed by atoms with Crippen molar-refractivity contribution < 1.29 is 9.50 Å². The van der Waals surface area contributed by atoms with Crippen LogP contribution in [-0.2, 0) is 12.0 Å². The molecule has 0 amide bonds. The van der Waals surface area contributed by atoms with E-state index in [9.17, 15) is 9.50 Å². The Morgan fingerprint density at radius 2 is 2.18 bits per heavy atom. The van der Waals surface area contributed by atoms with E-state index in [4.69, 9.17) is 0 Å². The maximum atomic E-state index is 13.1. The summed E-state index contributed by atoms with van der Waals surface area (Å²) in [5.41, 5.74) is -0.465. The van der Waals surface area contributed by atoms with Gasteiger partial charge in [-0.15, -0.1) is 11.3 Å². The van der Waals surface area contributed by atoms with Crippen molar-refractivity contribution >= 4 is 27.3 Å². The van der Waals surface area contributed by atoms with Gasteiger partial charge >= 0.3 is 0 Å². The molecule has 1 nitrogen and oxygen atoms in total. The van der Waals surface area contributed by atoms with Crippen LogP contribution >= 0.6 is 27.3 Å². The molecule has 1 aromatic heterocycles. The summed E-state index contributed by atoms with van der Waals surface area (Å²) in [5.74, 6) is -0.326. The first kappa shape index (κ1) is 12.7. The standard InChI is InChI=1S/C13H12BrFOS/c1-13(16,8-12-11(14)5-6-17-12)9-3-2-4-10(15)7-9/h2-7,16H,8H2,1H3. The van der Waals surface area contributed by atoms with Gasteiger partial charge in [0.05, 0.1) is 5.60 Å². The number of benzene rings is 1. The Balaban J connectivity index is 2.27. The summed E-state index contributed by atoms with van der Waals surface area (Å²) in [6, 6.07) is 8.05. The van der Waals surface area contributed by atoms with Crippen molar-refractivity contribution in [3.05, 3.63) is 56.4 Å². The zero-order valence-electron chi connectivity index (χ0n) is 9.28. The van der Waals surface area contributed by atoms with E-state index >= 15 is 0 Å². The molecule has 1 unspecified atom stereocenters. The van der Waals surface area contributed by atoms with E-state index in [1.54, 1.807) is 30.4 Å². The van der Waals surface area contributed by atoms with Gasteiger partial charge in [-0.05, 0) is 52.0 Å². The van der Waals surface area contributed by atoms with Crippen LogP contribution < -0.4 is 0 Å². The van der Waals surface area contributed by atoms with E-state index in [2.05, 4.69) is 15.9 Å². The van der Waals surface area contributed by atoms with Crippen LogP contribution in [0.2, 0.25) is 0 Å². The Hall–Kier alpha value is -0.710. The van der Waals surface area contributed by atoms with Crippen LogP contribution in [0, 0.1) is 5.82 Å². The Kier molecular flexibility index (Phi) is 3.66. The highest BCUT2D eigenvalue weighted by Crippen LogP contribution is 2.32. The number of hydrogen-bond acceptors (Lipinski definition) is 2. The van der Waals surface area contributed by atoms with Crippen molar-refractivity contribution in [1.29, 1.82) is 0 Å². The smallest absolute Gasteiger partial charge is 0.123 e. The van der Waals surface area contributed by atoms with Crippen LogP contribution in [-0.4, -0.2) is 5.11 Å². The van der Waals surface area contributed by atoms with Crippen molar-refractivity contribution in [3.63, 3.8) is 0 Å². The number of aliphatic hydroxyl groups is 1. The van der Waals surface area contributed by atoms with Crippen LogP contribution in [0.25, 0.3) is 0 Å². The van der Waals surface area contributed by atoms with Gasteiger partial charge in [-0.2, -0.15) is 0 Å². The topological polar surface area (TPSA) is 20.2 Å². The second-order valence-electron chi connectivity index (χ2n) is 4.15. The summed E-state index contributed by atoms with van der Waals surface area (Å²) < 4.78 is 14.1. The average molecular weight is 315 g/mol. The lowest BCUT2D eigenvalue weighted by Crippen LogP contribution is -2.24. The van der Waals surface area contributed by atoms with Crippen molar-refractivity contribution in [3.8, 4) is 0 Å². The Morgan fingerprint density at radius 1 is 1.41 bits per heavy atom. The molecule has 0 bridgehead atoms. The first-order chi connectivity index (χ1) is 7.99. The van der Waals surface area contributed by atoms with Crippen molar-refractivity contribution in [2.24, 2.45) is 0 Å². The zero-order chi connectivity index (χ0) is 12.5. The van der Waals surface area contributed by atoms with E-state index in [0.717, 1.165) is 9.35 Å². The third-order valence-electron chi connectivity index (χ3n) is 2.64. The lowest BCUT2D eigenvalue weighted by atomic mass is 9.92. The molecule has 0 aliphatic rings. The largest absolute Gasteiger partial charge is 0.385 e. The quantitative estimate of drug-likeness (QED) is 0.904. The second kappa shape index (κ2) is 4.88. The van der Waals surface area contributed by atoms with Crippen LogP contribution in [0.1, 0.15) is 17.4 Å². The maximum Gasteiger partial charge on any atom is 0.123 e. The Morgan fingerprint density at radius 3 is 2.76 bits per heavy atom. The molecular formula is C13H12BrFOS. The van der Waals surface area contributed by atoms with Crippen LogP contribution in [0.4, 0.5) is 4.39 Å². The van der Waals surface area contributed by atoms with Gasteiger partial charge < -0.3 is 5.11 Å². The summed E-state index contributed by atoms with van der Waals surface area (Å²) in [4.78, 5) is 1.05. The molecule has 4 heteroatoms. The van der Waals surface area contributed by atoms with Crippen LogP contribution in [0.3, 0.4) is 0 Å². The van der Waals surface area contributed by atoms with Crippen LogP contribution in [0.15, 0.2) is 40.2 Å². The Labute approximate surface area is 112 Å². The monoisotopic (exact) mass is 314 g/mol. The van der Waals surface area contributed by atoms with Crippen LogP contribution in [0.5, 0.6) is 0 Å². The van der Waals surface area contributed by atoms with Gasteiger partial charge in [0, 0.05) is 15.8 Å². The van der Waals surface area contributed by atoms with Gasteiger partial charge in [0.2, 0.25) is 0 Å². The summed E-state index contributed by atoms with van der Waals surface area (Å²) in [6.45, 7) is 1.70. The normalized spacial score (nSPS) is 14.6. The highest BCUT2D eigenvalue weighted by Gasteiger charge is 2.25. The zero-order valence-corrected chi connectivity index (χ0v) is 11.7. The molecule has 1 aromatic carbocycles. The summed E-state index contributed by atoms with van der Waals surface area (Å²) in [6.07, 6.45) is 0.467. The lowest BCUT2D eigenvalue weighted by molar-refractivity contribution is 0.0580. The molecule has 2 rings (SSSR count). The molecule has 2 aromatic rings. The predicted molar refractivity (Wildman–Crippen MR) is 71.7 cm³/mol. The third-order valence-corrected chi connectivity index (χ3v) is 4.57. The van der Waals surface area contributed by atoms with Gasteiger partial charge in [-0.1, -0.05) is 12.1 Å².